The Kier molecular flexibility index (Phi) is 4.38. The number of hydrogen-bond donors (Lipinski definition) is 1. The van der Waals surface area contributed by atoms with Crippen LogP contribution in [0.15, 0.2) is 23.6 Å². The van der Waals surface area contributed by atoms with Crippen molar-refractivity contribution in [1.29, 1.82) is 0 Å². The van der Waals surface area contributed by atoms with Gasteiger partial charge in [-0.05, 0) is 45.7 Å². The molecule has 0 fully saturated rings. The van der Waals surface area contributed by atoms with E-state index in [4.69, 9.17) is 0 Å². The summed E-state index contributed by atoms with van der Waals surface area (Å²) in [6.45, 7) is 10.8. The molecule has 0 aliphatic rings. The van der Waals surface area contributed by atoms with E-state index in [0.29, 0.717) is 6.04 Å². The quantitative estimate of drug-likeness (QED) is 0.889. The maximum atomic E-state index is 4.55. The maximum Gasteiger partial charge on any atom is 0.0898 e. The third kappa shape index (κ3) is 3.43. The molecule has 1 aromatic heterocycles. The van der Waals surface area contributed by atoms with Gasteiger partial charge in [-0.2, -0.15) is 0 Å². The molecule has 3 heteroatoms. The van der Waals surface area contributed by atoms with E-state index >= 15 is 0 Å². The van der Waals surface area contributed by atoms with E-state index in [9.17, 15) is 0 Å². The number of aryl methyl sites for hydroxylation is 3. The molecule has 2 nitrogen and oxygen atoms in total. The monoisotopic (exact) mass is 274 g/mol. The Bertz CT molecular complexity index is 560. The van der Waals surface area contributed by atoms with Gasteiger partial charge in [-0.25, -0.2) is 4.98 Å². The molecule has 1 heterocycles. The number of nitrogens with one attached hydrogen (secondary N) is 1. The number of nitrogens with zero attached hydrogens (tertiary/aromatic N) is 1. The van der Waals surface area contributed by atoms with Crippen LogP contribution in [-0.2, 0) is 0 Å². The third-order valence-corrected chi connectivity index (χ3v) is 4.26. The van der Waals surface area contributed by atoms with Crippen LogP contribution in [0.2, 0.25) is 0 Å². The fourth-order valence-electron chi connectivity index (χ4n) is 2.44. The fraction of sp³-hybridized carbons (Fsp3) is 0.438. The second-order valence-corrected chi connectivity index (χ2v) is 6.32. The van der Waals surface area contributed by atoms with E-state index in [2.05, 4.69) is 68.5 Å². The van der Waals surface area contributed by atoms with Crippen molar-refractivity contribution in [2.24, 2.45) is 0 Å². The summed E-state index contributed by atoms with van der Waals surface area (Å²) in [5.74, 6) is 0. The minimum atomic E-state index is 0.278. The lowest BCUT2D eigenvalue weighted by molar-refractivity contribution is 0.486. The maximum absolute atomic E-state index is 4.55. The zero-order valence-electron chi connectivity index (χ0n) is 12.3. The molecule has 1 aromatic carbocycles. The van der Waals surface area contributed by atoms with Crippen molar-refractivity contribution in [2.75, 3.05) is 0 Å². The summed E-state index contributed by atoms with van der Waals surface area (Å²) < 4.78 is 0. The molecule has 0 spiro atoms. The van der Waals surface area contributed by atoms with Crippen LogP contribution >= 0.6 is 11.3 Å². The van der Waals surface area contributed by atoms with E-state index < -0.39 is 0 Å². The molecule has 2 aromatic rings. The van der Waals surface area contributed by atoms with Gasteiger partial charge in [0, 0.05) is 17.5 Å². The van der Waals surface area contributed by atoms with E-state index in [-0.39, 0.29) is 6.04 Å². The Morgan fingerprint density at radius 2 is 1.84 bits per heavy atom. The molecule has 2 atom stereocenters. The highest BCUT2D eigenvalue weighted by Gasteiger charge is 2.14. The Morgan fingerprint density at radius 1 is 1.11 bits per heavy atom. The lowest BCUT2D eigenvalue weighted by Crippen LogP contribution is -2.23. The molecular formula is C16H22N2S. The van der Waals surface area contributed by atoms with Gasteiger partial charge in [0.1, 0.15) is 0 Å². The fourth-order valence-corrected chi connectivity index (χ4v) is 3.15. The van der Waals surface area contributed by atoms with Gasteiger partial charge in [0.05, 0.1) is 10.7 Å². The average Bonchev–Trinajstić information content (AvgIpc) is 2.75. The summed E-state index contributed by atoms with van der Waals surface area (Å²) >= 11 is 1.71. The highest BCUT2D eigenvalue weighted by Crippen LogP contribution is 2.23. The number of hydrogen-bond acceptors (Lipinski definition) is 3. The molecule has 0 saturated heterocycles. The summed E-state index contributed by atoms with van der Waals surface area (Å²) in [5, 5.41) is 6.90. The predicted octanol–water partition coefficient (Wildman–Crippen LogP) is 4.48. The van der Waals surface area contributed by atoms with Gasteiger partial charge in [0.2, 0.25) is 0 Å². The van der Waals surface area contributed by atoms with Crippen LogP contribution in [0.3, 0.4) is 0 Å². The van der Waals surface area contributed by atoms with Crippen LogP contribution in [0.4, 0.5) is 0 Å². The first-order valence-electron chi connectivity index (χ1n) is 6.72. The topological polar surface area (TPSA) is 24.9 Å². The van der Waals surface area contributed by atoms with Gasteiger partial charge in [-0.3, -0.25) is 0 Å². The minimum absolute atomic E-state index is 0.278. The van der Waals surface area contributed by atoms with Gasteiger partial charge >= 0.3 is 0 Å². The zero-order valence-corrected chi connectivity index (χ0v) is 13.1. The van der Waals surface area contributed by atoms with E-state index in [0.717, 1.165) is 10.7 Å². The van der Waals surface area contributed by atoms with Crippen molar-refractivity contribution < 1.29 is 0 Å². The van der Waals surface area contributed by atoms with Gasteiger partial charge in [-0.1, -0.05) is 23.8 Å². The Labute approximate surface area is 119 Å². The third-order valence-electron chi connectivity index (χ3n) is 3.47. The number of thiazole rings is 1. The number of aromatic nitrogens is 1. The normalized spacial score (nSPS) is 14.4. The number of rotatable bonds is 4. The largest absolute Gasteiger partial charge is 0.302 e. The van der Waals surface area contributed by atoms with Crippen LogP contribution in [0.1, 0.15) is 53.3 Å². The highest BCUT2D eigenvalue weighted by atomic mass is 32.1. The van der Waals surface area contributed by atoms with Crippen LogP contribution in [-0.4, -0.2) is 4.98 Å². The van der Waals surface area contributed by atoms with E-state index in [1.807, 2.05) is 0 Å². The zero-order chi connectivity index (χ0) is 14.0. The minimum Gasteiger partial charge on any atom is -0.302 e. The molecular weight excluding hydrogens is 252 g/mol. The first-order chi connectivity index (χ1) is 8.97. The van der Waals surface area contributed by atoms with Crippen LogP contribution in [0.5, 0.6) is 0 Å². The Balaban J connectivity index is 2.10. The summed E-state index contributed by atoms with van der Waals surface area (Å²) in [5.41, 5.74) is 5.17. The second kappa shape index (κ2) is 5.85. The van der Waals surface area contributed by atoms with E-state index in [1.54, 1.807) is 11.3 Å². The van der Waals surface area contributed by atoms with Crippen molar-refractivity contribution >= 4 is 11.3 Å². The first kappa shape index (κ1) is 14.2. The average molecular weight is 274 g/mol. The number of benzene rings is 1. The highest BCUT2D eigenvalue weighted by molar-refractivity contribution is 7.09. The summed E-state index contributed by atoms with van der Waals surface area (Å²) in [6.07, 6.45) is 0. The predicted molar refractivity (Wildman–Crippen MR) is 82.7 cm³/mol. The van der Waals surface area contributed by atoms with Crippen LogP contribution in [0, 0.1) is 20.8 Å². The molecule has 0 radical (unpaired) electrons. The molecule has 0 aliphatic heterocycles. The molecule has 0 saturated carbocycles. The Morgan fingerprint density at radius 3 is 2.42 bits per heavy atom. The molecule has 0 amide bonds. The summed E-state index contributed by atoms with van der Waals surface area (Å²) in [4.78, 5) is 4.55. The van der Waals surface area contributed by atoms with Crippen LogP contribution in [0.25, 0.3) is 0 Å². The van der Waals surface area contributed by atoms with Crippen molar-refractivity contribution in [3.63, 3.8) is 0 Å². The van der Waals surface area contributed by atoms with Gasteiger partial charge in [-0.15, -0.1) is 11.3 Å². The SMILES string of the molecule is Cc1ccc(C(C)NC(C)c2csc(C)n2)c(C)c1. The lowest BCUT2D eigenvalue weighted by atomic mass is 9.99. The molecule has 0 bridgehead atoms. The van der Waals surface area contributed by atoms with Crippen molar-refractivity contribution in [1.82, 2.24) is 10.3 Å². The summed E-state index contributed by atoms with van der Waals surface area (Å²) in [6, 6.07) is 7.25. The van der Waals surface area contributed by atoms with Crippen LogP contribution < -0.4 is 5.32 Å². The molecule has 2 unspecified atom stereocenters. The summed E-state index contributed by atoms with van der Waals surface area (Å²) in [7, 11) is 0. The molecule has 0 aliphatic carbocycles. The Hall–Kier alpha value is -1.19. The van der Waals surface area contributed by atoms with Crippen molar-refractivity contribution in [3.8, 4) is 0 Å². The van der Waals surface area contributed by atoms with Crippen molar-refractivity contribution in [2.45, 2.75) is 46.7 Å². The lowest BCUT2D eigenvalue weighted by Gasteiger charge is -2.21. The molecule has 1 N–H and O–H groups in total. The molecule has 102 valence electrons. The smallest absolute Gasteiger partial charge is 0.0898 e. The van der Waals surface area contributed by atoms with Gasteiger partial charge in [0.25, 0.3) is 0 Å². The van der Waals surface area contributed by atoms with Crippen molar-refractivity contribution in [3.05, 3.63) is 51.0 Å². The first-order valence-corrected chi connectivity index (χ1v) is 7.60. The van der Waals surface area contributed by atoms with Gasteiger partial charge in [0.15, 0.2) is 0 Å². The standard InChI is InChI=1S/C16H22N2S/c1-10-6-7-15(11(2)8-10)12(3)17-13(4)16-9-19-14(5)18-16/h6-9,12-13,17H,1-5H3. The van der Waals surface area contributed by atoms with Gasteiger partial charge < -0.3 is 5.32 Å². The van der Waals surface area contributed by atoms with E-state index in [1.165, 1.54) is 16.7 Å². The molecule has 19 heavy (non-hydrogen) atoms. The second-order valence-electron chi connectivity index (χ2n) is 5.26. The molecule has 2 rings (SSSR count).